The highest BCUT2D eigenvalue weighted by Gasteiger charge is 2.24. The van der Waals surface area contributed by atoms with Crippen molar-refractivity contribution >= 4 is 22.9 Å². The van der Waals surface area contributed by atoms with Crippen LogP contribution in [0.15, 0.2) is 0 Å². The van der Waals surface area contributed by atoms with Gasteiger partial charge in [0.15, 0.2) is 11.6 Å². The minimum absolute atomic E-state index is 0.215. The van der Waals surface area contributed by atoms with Gasteiger partial charge in [-0.15, -0.1) is 11.3 Å². The van der Waals surface area contributed by atoms with Crippen molar-refractivity contribution in [3.8, 4) is 0 Å². The maximum absolute atomic E-state index is 12.0. The number of ketones is 2. The van der Waals surface area contributed by atoms with E-state index in [1.54, 1.807) is 20.8 Å². The van der Waals surface area contributed by atoms with Crippen molar-refractivity contribution < 1.29 is 19.1 Å². The fourth-order valence-electron chi connectivity index (χ4n) is 1.65. The summed E-state index contributed by atoms with van der Waals surface area (Å²) < 4.78 is 10.4. The topological polar surface area (TPSA) is 65.5 Å². The number of hydrogen-bond acceptors (Lipinski definition) is 6. The predicted octanol–water partition coefficient (Wildman–Crippen LogP) is 2.30. The van der Waals surface area contributed by atoms with Gasteiger partial charge in [0.25, 0.3) is 0 Å². The maximum Gasteiger partial charge on any atom is 0.218 e. The molecule has 1 rings (SSSR count). The molecule has 6 heteroatoms. The van der Waals surface area contributed by atoms with E-state index in [1.807, 2.05) is 6.92 Å². The molecular formula is C13H19NO4S. The number of rotatable bonds is 8. The van der Waals surface area contributed by atoms with Crippen molar-refractivity contribution in [2.24, 2.45) is 0 Å². The molecule has 0 atom stereocenters. The second-order valence-electron chi connectivity index (χ2n) is 3.96. The zero-order chi connectivity index (χ0) is 14.4. The first kappa shape index (κ1) is 15.9. The van der Waals surface area contributed by atoms with Gasteiger partial charge in [-0.2, -0.15) is 0 Å². The Bertz CT molecular complexity index is 449. The molecule has 0 saturated carbocycles. The summed E-state index contributed by atoms with van der Waals surface area (Å²) in [6, 6.07) is 0. The van der Waals surface area contributed by atoms with Gasteiger partial charge in [0, 0.05) is 13.2 Å². The summed E-state index contributed by atoms with van der Waals surface area (Å²) in [5.74, 6) is -0.573. The van der Waals surface area contributed by atoms with E-state index < -0.39 is 6.29 Å². The van der Waals surface area contributed by atoms with E-state index in [4.69, 9.17) is 9.47 Å². The highest BCUT2D eigenvalue weighted by Crippen LogP contribution is 2.19. The highest BCUT2D eigenvalue weighted by molar-refractivity contribution is 7.13. The van der Waals surface area contributed by atoms with Crippen LogP contribution in [0, 0.1) is 13.8 Å². The third-order valence-corrected chi connectivity index (χ3v) is 3.50. The number of hydrogen-bond donors (Lipinski definition) is 0. The Morgan fingerprint density at radius 1 is 1.21 bits per heavy atom. The SMILES string of the molecule is CCOC(OCC)C(=O)CC(=O)c1sc(C)nc1C. The first-order valence-corrected chi connectivity index (χ1v) is 7.04. The molecule has 0 saturated heterocycles. The van der Waals surface area contributed by atoms with Crippen LogP contribution in [0.2, 0.25) is 0 Å². The Morgan fingerprint density at radius 2 is 1.79 bits per heavy atom. The Kier molecular flexibility index (Phi) is 6.27. The molecule has 0 unspecified atom stereocenters. The lowest BCUT2D eigenvalue weighted by Gasteiger charge is -2.14. The van der Waals surface area contributed by atoms with E-state index in [0.29, 0.717) is 23.8 Å². The smallest absolute Gasteiger partial charge is 0.218 e. The molecule has 0 radical (unpaired) electrons. The number of ether oxygens (including phenoxy) is 2. The van der Waals surface area contributed by atoms with E-state index in [2.05, 4.69) is 4.98 Å². The average Bonchev–Trinajstić information content (AvgIpc) is 2.68. The second kappa shape index (κ2) is 7.47. The van der Waals surface area contributed by atoms with Gasteiger partial charge in [-0.05, 0) is 27.7 Å². The molecule has 0 aliphatic heterocycles. The van der Waals surface area contributed by atoms with Gasteiger partial charge < -0.3 is 9.47 Å². The first-order valence-electron chi connectivity index (χ1n) is 6.22. The minimum Gasteiger partial charge on any atom is -0.346 e. The largest absolute Gasteiger partial charge is 0.346 e. The molecule has 0 amide bonds. The molecule has 0 fully saturated rings. The van der Waals surface area contributed by atoms with Crippen molar-refractivity contribution in [3.63, 3.8) is 0 Å². The van der Waals surface area contributed by atoms with Gasteiger partial charge in [0.05, 0.1) is 22.0 Å². The summed E-state index contributed by atoms with van der Waals surface area (Å²) >= 11 is 1.31. The van der Waals surface area contributed by atoms with E-state index in [0.717, 1.165) is 5.01 Å². The van der Waals surface area contributed by atoms with Gasteiger partial charge in [0.2, 0.25) is 6.29 Å². The summed E-state index contributed by atoms with van der Waals surface area (Å²) in [7, 11) is 0. The first-order chi connectivity index (χ1) is 8.99. The Morgan fingerprint density at radius 3 is 2.21 bits per heavy atom. The molecule has 106 valence electrons. The summed E-state index contributed by atoms with van der Waals surface area (Å²) in [4.78, 5) is 28.7. The van der Waals surface area contributed by atoms with Crippen LogP contribution in [0.5, 0.6) is 0 Å². The lowest BCUT2D eigenvalue weighted by atomic mass is 10.1. The number of Topliss-reactive ketones (excluding diaryl/α,β-unsaturated/α-hetero) is 2. The molecule has 5 nitrogen and oxygen atoms in total. The molecular weight excluding hydrogens is 266 g/mol. The van der Waals surface area contributed by atoms with Crippen LogP contribution in [0.25, 0.3) is 0 Å². The number of carbonyl (C=O) groups is 2. The standard InChI is InChI=1S/C13H19NO4S/c1-5-17-13(18-6-2)11(16)7-10(15)12-8(3)14-9(4)19-12/h13H,5-7H2,1-4H3. The van der Waals surface area contributed by atoms with E-state index in [1.165, 1.54) is 11.3 Å². The van der Waals surface area contributed by atoms with Crippen LogP contribution in [0.4, 0.5) is 0 Å². The molecule has 0 spiro atoms. The van der Waals surface area contributed by atoms with Gasteiger partial charge in [-0.25, -0.2) is 4.98 Å². The van der Waals surface area contributed by atoms with E-state index >= 15 is 0 Å². The maximum atomic E-state index is 12.0. The second-order valence-corrected chi connectivity index (χ2v) is 5.16. The van der Waals surface area contributed by atoms with E-state index in [-0.39, 0.29) is 18.0 Å². The Labute approximate surface area is 116 Å². The number of aromatic nitrogens is 1. The van der Waals surface area contributed by atoms with Crippen LogP contribution >= 0.6 is 11.3 Å². The number of aryl methyl sites for hydroxylation is 2. The average molecular weight is 285 g/mol. The van der Waals surface area contributed by atoms with Crippen molar-refractivity contribution in [1.82, 2.24) is 4.98 Å². The van der Waals surface area contributed by atoms with Gasteiger partial charge >= 0.3 is 0 Å². The highest BCUT2D eigenvalue weighted by atomic mass is 32.1. The van der Waals surface area contributed by atoms with E-state index in [9.17, 15) is 9.59 Å². The monoisotopic (exact) mass is 285 g/mol. The molecule has 0 N–H and O–H groups in total. The molecule has 1 heterocycles. The zero-order valence-electron chi connectivity index (χ0n) is 11.7. The van der Waals surface area contributed by atoms with Gasteiger partial charge in [-0.1, -0.05) is 0 Å². The minimum atomic E-state index is -0.951. The van der Waals surface area contributed by atoms with Crippen molar-refractivity contribution in [2.75, 3.05) is 13.2 Å². The molecule has 1 aromatic heterocycles. The summed E-state index contributed by atoms with van der Waals surface area (Å²) in [6.45, 7) is 7.88. The molecule has 0 bridgehead atoms. The Hall–Kier alpha value is -1.11. The summed E-state index contributed by atoms with van der Waals surface area (Å²) in [5, 5.41) is 0.819. The molecule has 1 aromatic rings. The van der Waals surface area contributed by atoms with Crippen molar-refractivity contribution in [1.29, 1.82) is 0 Å². The van der Waals surface area contributed by atoms with Crippen LogP contribution in [-0.2, 0) is 14.3 Å². The quantitative estimate of drug-likeness (QED) is 0.416. The Balaban J connectivity index is 2.69. The molecule has 0 aliphatic rings. The fraction of sp³-hybridized carbons (Fsp3) is 0.615. The summed E-state index contributed by atoms with van der Waals surface area (Å²) in [6.07, 6.45) is -1.17. The normalized spacial score (nSPS) is 11.0. The van der Waals surface area contributed by atoms with Crippen LogP contribution in [-0.4, -0.2) is 36.1 Å². The lowest BCUT2D eigenvalue weighted by molar-refractivity contribution is -0.166. The number of carbonyl (C=O) groups excluding carboxylic acids is 2. The zero-order valence-corrected chi connectivity index (χ0v) is 12.5. The molecule has 19 heavy (non-hydrogen) atoms. The molecule has 0 aliphatic carbocycles. The lowest BCUT2D eigenvalue weighted by Crippen LogP contribution is -2.29. The van der Waals surface area contributed by atoms with Gasteiger partial charge in [-0.3, -0.25) is 9.59 Å². The van der Waals surface area contributed by atoms with Crippen LogP contribution < -0.4 is 0 Å². The number of thiazole rings is 1. The number of nitrogens with zero attached hydrogens (tertiary/aromatic N) is 1. The third-order valence-electron chi connectivity index (χ3n) is 2.39. The molecule has 0 aromatic carbocycles. The van der Waals surface area contributed by atoms with Crippen LogP contribution in [0.1, 0.15) is 40.6 Å². The third kappa shape index (κ3) is 4.49. The van der Waals surface area contributed by atoms with Crippen LogP contribution in [0.3, 0.4) is 0 Å². The van der Waals surface area contributed by atoms with Crippen molar-refractivity contribution in [2.45, 2.75) is 40.4 Å². The predicted molar refractivity (Wildman–Crippen MR) is 72.6 cm³/mol. The van der Waals surface area contributed by atoms with Gasteiger partial charge in [0.1, 0.15) is 0 Å². The van der Waals surface area contributed by atoms with Crippen molar-refractivity contribution in [3.05, 3.63) is 15.6 Å². The summed E-state index contributed by atoms with van der Waals surface area (Å²) in [5.41, 5.74) is 0.671. The fourth-order valence-corrected chi connectivity index (χ4v) is 2.51.